The van der Waals surface area contributed by atoms with E-state index in [1.54, 1.807) is 6.08 Å². The predicted molar refractivity (Wildman–Crippen MR) is 122 cm³/mol. The minimum atomic E-state index is -0.775. The highest BCUT2D eigenvalue weighted by atomic mass is 16.3. The molecule has 158 valence electrons. The molecule has 0 aromatic carbocycles. The van der Waals surface area contributed by atoms with Crippen LogP contribution in [0, 0.1) is 0 Å². The van der Waals surface area contributed by atoms with Crippen LogP contribution in [-0.2, 0) is 4.79 Å². The van der Waals surface area contributed by atoms with E-state index in [2.05, 4.69) is 25.2 Å². The number of aliphatic hydroxyl groups is 1. The highest BCUT2D eigenvalue weighted by Crippen LogP contribution is 2.20. The fraction of sp³-hybridized carbons (Fsp3) is 0.560. The summed E-state index contributed by atoms with van der Waals surface area (Å²) in [5.41, 5.74) is -0.775. The zero-order chi connectivity index (χ0) is 20.9. The quantitative estimate of drug-likeness (QED) is 0.189. The van der Waals surface area contributed by atoms with Crippen molar-refractivity contribution in [1.29, 1.82) is 0 Å². The molecule has 0 saturated carbocycles. The first-order valence-electron chi connectivity index (χ1n) is 10.9. The van der Waals surface area contributed by atoms with Crippen LogP contribution in [-0.4, -0.2) is 23.2 Å². The van der Waals surface area contributed by atoms with E-state index >= 15 is 0 Å². The van der Waals surface area contributed by atoms with Gasteiger partial charge in [0, 0.05) is 6.54 Å². The van der Waals surface area contributed by atoms with Gasteiger partial charge in [0.1, 0.15) is 0 Å². The van der Waals surface area contributed by atoms with Crippen molar-refractivity contribution >= 4 is 5.91 Å². The second kappa shape index (κ2) is 18.5. The SMILES string of the molecule is CC=CC=CC=CC=CCCC=CC(=O)NCC(O)(CCC)CCCCCC. The summed E-state index contributed by atoms with van der Waals surface area (Å²) < 4.78 is 0. The highest BCUT2D eigenvalue weighted by Gasteiger charge is 2.25. The molecule has 1 unspecified atom stereocenters. The monoisotopic (exact) mass is 387 g/mol. The van der Waals surface area contributed by atoms with Crippen molar-refractivity contribution in [3.05, 3.63) is 60.8 Å². The number of carbonyl (C=O) groups is 1. The maximum absolute atomic E-state index is 12.0. The van der Waals surface area contributed by atoms with Gasteiger partial charge in [-0.1, -0.05) is 101 Å². The molecule has 0 heterocycles. The van der Waals surface area contributed by atoms with Crippen molar-refractivity contribution in [2.24, 2.45) is 0 Å². The Balaban J connectivity index is 4.09. The lowest BCUT2D eigenvalue weighted by molar-refractivity contribution is -0.118. The van der Waals surface area contributed by atoms with Crippen molar-refractivity contribution in [1.82, 2.24) is 5.32 Å². The van der Waals surface area contributed by atoms with Gasteiger partial charge >= 0.3 is 0 Å². The molecule has 2 N–H and O–H groups in total. The normalized spacial score (nSPS) is 14.9. The Morgan fingerprint density at radius 3 is 2.21 bits per heavy atom. The number of unbranched alkanes of at least 4 members (excludes halogenated alkanes) is 4. The Kier molecular flexibility index (Phi) is 17.3. The molecule has 0 bridgehead atoms. The third kappa shape index (κ3) is 16.3. The van der Waals surface area contributed by atoms with Crippen LogP contribution in [0.15, 0.2) is 60.8 Å². The van der Waals surface area contributed by atoms with Crippen molar-refractivity contribution in [3.8, 4) is 0 Å². The van der Waals surface area contributed by atoms with Gasteiger partial charge in [0.2, 0.25) is 5.91 Å². The lowest BCUT2D eigenvalue weighted by Gasteiger charge is -2.28. The Labute approximate surface area is 173 Å². The molecule has 0 aromatic heterocycles. The molecule has 0 fully saturated rings. The third-order valence-corrected chi connectivity index (χ3v) is 4.46. The predicted octanol–water partition coefficient (Wildman–Crippen LogP) is 6.19. The highest BCUT2D eigenvalue weighted by molar-refractivity contribution is 5.87. The van der Waals surface area contributed by atoms with E-state index in [4.69, 9.17) is 0 Å². The molecule has 0 radical (unpaired) electrons. The van der Waals surface area contributed by atoms with Crippen LogP contribution in [0.2, 0.25) is 0 Å². The maximum atomic E-state index is 12.0. The summed E-state index contributed by atoms with van der Waals surface area (Å²) in [7, 11) is 0. The summed E-state index contributed by atoms with van der Waals surface area (Å²) in [6.07, 6.45) is 28.1. The number of hydrogen-bond donors (Lipinski definition) is 2. The van der Waals surface area contributed by atoms with E-state index in [1.165, 1.54) is 12.8 Å². The van der Waals surface area contributed by atoms with Crippen LogP contribution in [0.5, 0.6) is 0 Å². The number of allylic oxidation sites excluding steroid dienone is 9. The van der Waals surface area contributed by atoms with E-state index in [-0.39, 0.29) is 5.91 Å². The van der Waals surface area contributed by atoms with Gasteiger partial charge < -0.3 is 10.4 Å². The van der Waals surface area contributed by atoms with Gasteiger partial charge in [0.25, 0.3) is 0 Å². The van der Waals surface area contributed by atoms with Gasteiger partial charge in [-0.2, -0.15) is 0 Å². The Morgan fingerprint density at radius 2 is 1.54 bits per heavy atom. The molecule has 0 aliphatic carbocycles. The van der Waals surface area contributed by atoms with Gasteiger partial charge in [-0.3, -0.25) is 4.79 Å². The molecule has 3 nitrogen and oxygen atoms in total. The smallest absolute Gasteiger partial charge is 0.243 e. The number of nitrogens with one attached hydrogen (secondary N) is 1. The van der Waals surface area contributed by atoms with Crippen LogP contribution >= 0.6 is 0 Å². The van der Waals surface area contributed by atoms with Crippen molar-refractivity contribution in [2.75, 3.05) is 6.54 Å². The van der Waals surface area contributed by atoms with Crippen LogP contribution in [0.4, 0.5) is 0 Å². The minimum Gasteiger partial charge on any atom is -0.388 e. The zero-order valence-electron chi connectivity index (χ0n) is 18.2. The van der Waals surface area contributed by atoms with Crippen molar-refractivity contribution in [3.63, 3.8) is 0 Å². The van der Waals surface area contributed by atoms with E-state index in [0.29, 0.717) is 6.54 Å². The first-order valence-corrected chi connectivity index (χ1v) is 10.9. The van der Waals surface area contributed by atoms with Gasteiger partial charge in [-0.15, -0.1) is 0 Å². The molecule has 0 rings (SSSR count). The van der Waals surface area contributed by atoms with Crippen LogP contribution in [0.3, 0.4) is 0 Å². The summed E-state index contributed by atoms with van der Waals surface area (Å²) >= 11 is 0. The van der Waals surface area contributed by atoms with Gasteiger partial charge in [-0.25, -0.2) is 0 Å². The van der Waals surface area contributed by atoms with Crippen molar-refractivity contribution < 1.29 is 9.90 Å². The summed E-state index contributed by atoms with van der Waals surface area (Å²) in [5, 5.41) is 13.6. The maximum Gasteiger partial charge on any atom is 0.243 e. The molecule has 28 heavy (non-hydrogen) atoms. The average Bonchev–Trinajstić information content (AvgIpc) is 2.68. The molecular weight excluding hydrogens is 346 g/mol. The standard InChI is InChI=1S/C25H41NO2/c1-4-7-9-11-12-13-14-15-16-17-18-20-24(27)26-23-25(28,21-6-3)22-19-10-8-5-2/h4,7,9,11-15,18,20,28H,5-6,8,10,16-17,19,21-23H2,1-3H3,(H,26,27). The third-order valence-electron chi connectivity index (χ3n) is 4.46. The lowest BCUT2D eigenvalue weighted by atomic mass is 9.91. The molecule has 0 aliphatic rings. The molecule has 3 heteroatoms. The minimum absolute atomic E-state index is 0.124. The van der Waals surface area contributed by atoms with E-state index in [0.717, 1.165) is 44.9 Å². The van der Waals surface area contributed by atoms with Crippen LogP contribution in [0.25, 0.3) is 0 Å². The first-order chi connectivity index (χ1) is 13.6. The number of rotatable bonds is 16. The number of hydrogen-bond acceptors (Lipinski definition) is 2. The first kappa shape index (κ1) is 26.1. The largest absolute Gasteiger partial charge is 0.388 e. The zero-order valence-corrected chi connectivity index (χ0v) is 18.2. The lowest BCUT2D eigenvalue weighted by Crippen LogP contribution is -2.42. The molecule has 0 saturated heterocycles. The second-order valence-electron chi connectivity index (χ2n) is 7.21. The van der Waals surface area contributed by atoms with Crippen LogP contribution in [0.1, 0.15) is 78.6 Å². The van der Waals surface area contributed by atoms with Crippen molar-refractivity contribution in [2.45, 2.75) is 84.2 Å². The average molecular weight is 388 g/mol. The van der Waals surface area contributed by atoms with E-state index in [1.807, 2.05) is 55.5 Å². The molecule has 0 aromatic rings. The molecule has 0 aliphatic heterocycles. The second-order valence-corrected chi connectivity index (χ2v) is 7.21. The summed E-state index contributed by atoms with van der Waals surface area (Å²) in [4.78, 5) is 12.0. The fourth-order valence-corrected chi connectivity index (χ4v) is 2.88. The topological polar surface area (TPSA) is 49.3 Å². The number of amides is 1. The summed E-state index contributed by atoms with van der Waals surface area (Å²) in [6, 6.07) is 0. The van der Waals surface area contributed by atoms with E-state index in [9.17, 15) is 9.90 Å². The molecule has 1 amide bonds. The van der Waals surface area contributed by atoms with Gasteiger partial charge in [-0.05, 0) is 38.7 Å². The molecular formula is C25H41NO2. The fourth-order valence-electron chi connectivity index (χ4n) is 2.88. The summed E-state index contributed by atoms with van der Waals surface area (Å²) in [6.45, 7) is 6.57. The molecule has 1 atom stereocenters. The Hall–Kier alpha value is -1.87. The number of carbonyl (C=O) groups excluding carboxylic acids is 1. The van der Waals surface area contributed by atoms with Gasteiger partial charge in [0.05, 0.1) is 5.60 Å². The van der Waals surface area contributed by atoms with Crippen LogP contribution < -0.4 is 5.32 Å². The Morgan fingerprint density at radius 1 is 0.857 bits per heavy atom. The Bertz CT molecular complexity index is 529. The van der Waals surface area contributed by atoms with Gasteiger partial charge in [0.15, 0.2) is 0 Å². The van der Waals surface area contributed by atoms with E-state index < -0.39 is 5.60 Å². The summed E-state index contributed by atoms with van der Waals surface area (Å²) in [5.74, 6) is -0.124. The molecule has 0 spiro atoms.